The summed E-state index contributed by atoms with van der Waals surface area (Å²) >= 11 is 0. The third-order valence-corrected chi connectivity index (χ3v) is 6.87. The summed E-state index contributed by atoms with van der Waals surface area (Å²) in [4.78, 5) is 34.9. The SMILES string of the molecule is C#CC(C)(N)[C@@H](O[C@@H](O)COP(=O)(N[C@@H](C)C(=O)OC(C)C)Oc1ccccc1)n1cnc2c(=O)[nH]c(N)nc21. The number of aromatic amines is 1. The molecule has 40 heavy (non-hydrogen) atoms. The molecule has 2 heterocycles. The van der Waals surface area contributed by atoms with Crippen LogP contribution in [0, 0.1) is 12.3 Å². The van der Waals surface area contributed by atoms with E-state index < -0.39 is 56.1 Å². The first-order valence-corrected chi connectivity index (χ1v) is 13.6. The van der Waals surface area contributed by atoms with Crippen LogP contribution in [0.3, 0.4) is 0 Å². The number of esters is 1. The molecule has 0 aliphatic rings. The number of carbonyl (C=O) groups excluding carboxylic acids is 1. The normalized spacial score (nSPS) is 16.9. The van der Waals surface area contributed by atoms with E-state index in [1.807, 2.05) is 0 Å². The van der Waals surface area contributed by atoms with Crippen LogP contribution in [0.1, 0.15) is 33.9 Å². The number of aromatic nitrogens is 4. The van der Waals surface area contributed by atoms with Crippen LogP contribution >= 0.6 is 7.75 Å². The second kappa shape index (κ2) is 12.6. The number of H-pyrrole nitrogens is 1. The van der Waals surface area contributed by atoms with Gasteiger partial charge >= 0.3 is 13.7 Å². The van der Waals surface area contributed by atoms with E-state index in [1.54, 1.807) is 32.0 Å². The van der Waals surface area contributed by atoms with E-state index in [9.17, 15) is 19.3 Å². The van der Waals surface area contributed by atoms with Gasteiger partial charge in [-0.15, -0.1) is 6.42 Å². The summed E-state index contributed by atoms with van der Waals surface area (Å²) < 4.78 is 36.7. The van der Waals surface area contributed by atoms with Gasteiger partial charge in [0.05, 0.1) is 12.4 Å². The minimum absolute atomic E-state index is 0.0106. The summed E-state index contributed by atoms with van der Waals surface area (Å²) in [7, 11) is -4.31. The van der Waals surface area contributed by atoms with Crippen LogP contribution in [0.25, 0.3) is 11.2 Å². The largest absolute Gasteiger partial charge is 0.462 e. The first-order valence-electron chi connectivity index (χ1n) is 12.0. The molecule has 16 heteroatoms. The summed E-state index contributed by atoms with van der Waals surface area (Å²) in [6, 6.07) is 6.94. The Bertz CT molecular complexity index is 1470. The summed E-state index contributed by atoms with van der Waals surface area (Å²) in [5.74, 6) is 1.62. The van der Waals surface area contributed by atoms with Gasteiger partial charge < -0.3 is 30.6 Å². The molecular weight excluding hydrogens is 545 g/mol. The monoisotopic (exact) mass is 577 g/mol. The van der Waals surface area contributed by atoms with E-state index in [4.69, 9.17) is 36.4 Å². The average Bonchev–Trinajstić information content (AvgIpc) is 3.29. The molecule has 0 aliphatic carbocycles. The number of ether oxygens (including phenoxy) is 2. The van der Waals surface area contributed by atoms with Gasteiger partial charge in [-0.3, -0.25) is 23.7 Å². The third kappa shape index (κ3) is 7.66. The number of para-hydroxylation sites is 1. The van der Waals surface area contributed by atoms with Crippen LogP contribution in [0.5, 0.6) is 5.75 Å². The van der Waals surface area contributed by atoms with Crippen LogP contribution in [0.2, 0.25) is 0 Å². The van der Waals surface area contributed by atoms with Gasteiger partial charge in [-0.05, 0) is 39.8 Å². The number of nitrogens with two attached hydrogens (primary N) is 2. The topological polar surface area (TPSA) is 219 Å². The van der Waals surface area contributed by atoms with E-state index in [0.717, 1.165) is 0 Å². The van der Waals surface area contributed by atoms with Crippen LogP contribution in [-0.4, -0.2) is 61.2 Å². The maximum Gasteiger partial charge on any atom is 0.459 e. The zero-order valence-electron chi connectivity index (χ0n) is 22.3. The van der Waals surface area contributed by atoms with Crippen LogP contribution in [-0.2, 0) is 23.4 Å². The Kier molecular flexibility index (Phi) is 9.69. The number of fused-ring (bicyclic) bond motifs is 1. The van der Waals surface area contributed by atoms with Crippen molar-refractivity contribution in [2.24, 2.45) is 5.73 Å². The number of hydrogen-bond donors (Lipinski definition) is 5. The maximum absolute atomic E-state index is 13.6. The van der Waals surface area contributed by atoms with Crippen molar-refractivity contribution < 1.29 is 33.0 Å². The molecule has 7 N–H and O–H groups in total. The Morgan fingerprint density at radius 2 is 2.00 bits per heavy atom. The summed E-state index contributed by atoms with van der Waals surface area (Å²) in [5.41, 5.74) is 9.63. The lowest BCUT2D eigenvalue weighted by atomic mass is 10.0. The molecule has 3 rings (SSSR count). The minimum Gasteiger partial charge on any atom is -0.462 e. The highest BCUT2D eigenvalue weighted by Gasteiger charge is 2.37. The number of aliphatic hydroxyl groups excluding tert-OH is 1. The fraction of sp³-hybridized carbons (Fsp3) is 0.417. The molecule has 2 aromatic heterocycles. The number of imidazole rings is 1. The number of nitrogens with one attached hydrogen (secondary N) is 2. The van der Waals surface area contributed by atoms with Crippen molar-refractivity contribution in [3.05, 3.63) is 47.0 Å². The third-order valence-electron chi connectivity index (χ3n) is 5.23. The predicted molar refractivity (Wildman–Crippen MR) is 145 cm³/mol. The summed E-state index contributed by atoms with van der Waals surface area (Å²) in [5, 5.41) is 13.2. The number of benzene rings is 1. The molecule has 15 nitrogen and oxygen atoms in total. The lowest BCUT2D eigenvalue weighted by Crippen LogP contribution is -2.47. The van der Waals surface area contributed by atoms with Gasteiger partial charge in [-0.1, -0.05) is 24.1 Å². The Labute approximate surface area is 229 Å². The molecule has 0 radical (unpaired) electrons. The molecule has 0 aliphatic heterocycles. The Hall–Kier alpha value is -3.77. The van der Waals surface area contributed by atoms with Crippen molar-refractivity contribution in [1.82, 2.24) is 24.6 Å². The fourth-order valence-corrected chi connectivity index (χ4v) is 4.85. The molecule has 5 atom stereocenters. The molecule has 0 amide bonds. The number of nitrogen functional groups attached to an aromatic ring is 1. The molecule has 3 aromatic rings. The molecular formula is C24H32N7O8P. The standard InChI is InChI=1S/C24H32N7O8P/c1-6-24(5,26)22(31-13-27-18-19(31)28-23(25)29-20(18)33)38-17(32)12-36-40(35,39-16-10-8-7-9-11-16)30-15(4)21(34)37-14(2)3/h1,7-11,13-15,17,22,32H,12,26H2,2-5H3,(H,30,35)(H3,25,28,29,33)/t15-,17+,22+,24?,40?/m0/s1. The maximum atomic E-state index is 13.6. The smallest absolute Gasteiger partial charge is 0.459 e. The highest BCUT2D eigenvalue weighted by molar-refractivity contribution is 7.52. The molecule has 0 saturated heterocycles. The van der Waals surface area contributed by atoms with E-state index in [1.165, 1.54) is 36.9 Å². The number of aliphatic hydroxyl groups is 1. The highest BCUT2D eigenvalue weighted by atomic mass is 31.2. The quantitative estimate of drug-likeness (QED) is 0.0830. The van der Waals surface area contributed by atoms with E-state index in [0.29, 0.717) is 0 Å². The lowest BCUT2D eigenvalue weighted by Gasteiger charge is -2.32. The second-order valence-corrected chi connectivity index (χ2v) is 10.9. The van der Waals surface area contributed by atoms with Crippen molar-refractivity contribution in [3.63, 3.8) is 0 Å². The number of terminal acetylenes is 1. The molecule has 0 spiro atoms. The number of carbonyl (C=O) groups is 1. The van der Waals surface area contributed by atoms with Gasteiger partial charge in [0.2, 0.25) is 5.95 Å². The van der Waals surface area contributed by atoms with E-state index in [2.05, 4.69) is 26.0 Å². The zero-order valence-corrected chi connectivity index (χ0v) is 23.2. The predicted octanol–water partition coefficient (Wildman–Crippen LogP) is 1.02. The Morgan fingerprint density at radius 3 is 2.62 bits per heavy atom. The van der Waals surface area contributed by atoms with Crippen LogP contribution in [0.4, 0.5) is 5.95 Å². The van der Waals surface area contributed by atoms with Crippen molar-refractivity contribution in [3.8, 4) is 18.1 Å². The van der Waals surface area contributed by atoms with Gasteiger partial charge in [0.25, 0.3) is 5.56 Å². The molecule has 0 bridgehead atoms. The number of rotatable bonds is 13. The first kappa shape index (κ1) is 30.8. The first-order chi connectivity index (χ1) is 18.7. The van der Waals surface area contributed by atoms with E-state index >= 15 is 0 Å². The van der Waals surface area contributed by atoms with Crippen molar-refractivity contribution in [1.29, 1.82) is 0 Å². The fourth-order valence-electron chi connectivity index (χ4n) is 3.37. The highest BCUT2D eigenvalue weighted by Crippen LogP contribution is 2.45. The van der Waals surface area contributed by atoms with Crippen molar-refractivity contribution in [2.45, 2.75) is 57.9 Å². The molecule has 216 valence electrons. The Balaban J connectivity index is 1.84. The van der Waals surface area contributed by atoms with Crippen LogP contribution in [0.15, 0.2) is 41.5 Å². The molecule has 0 saturated carbocycles. The average molecular weight is 578 g/mol. The minimum atomic E-state index is -4.31. The van der Waals surface area contributed by atoms with Gasteiger partial charge in [-0.25, -0.2) is 9.55 Å². The molecule has 1 aromatic carbocycles. The summed E-state index contributed by atoms with van der Waals surface area (Å²) in [6.07, 6.45) is 3.23. The number of nitrogens with zero attached hydrogens (tertiary/aromatic N) is 3. The zero-order chi connectivity index (χ0) is 29.7. The Morgan fingerprint density at radius 1 is 1.32 bits per heavy atom. The van der Waals surface area contributed by atoms with Crippen molar-refractivity contribution >= 4 is 30.8 Å². The number of hydrogen-bond acceptors (Lipinski definition) is 12. The summed E-state index contributed by atoms with van der Waals surface area (Å²) in [6.45, 7) is 5.44. The molecule has 2 unspecified atom stereocenters. The van der Waals surface area contributed by atoms with E-state index in [-0.39, 0.29) is 22.9 Å². The van der Waals surface area contributed by atoms with Gasteiger partial charge in [0.15, 0.2) is 23.7 Å². The lowest BCUT2D eigenvalue weighted by molar-refractivity contribution is -0.186. The van der Waals surface area contributed by atoms with Gasteiger partial charge in [-0.2, -0.15) is 10.1 Å². The van der Waals surface area contributed by atoms with Gasteiger partial charge in [0.1, 0.15) is 23.9 Å². The van der Waals surface area contributed by atoms with Crippen molar-refractivity contribution in [2.75, 3.05) is 12.3 Å². The molecule has 0 fully saturated rings. The van der Waals surface area contributed by atoms with Gasteiger partial charge in [0, 0.05) is 0 Å². The number of anilines is 1. The van der Waals surface area contributed by atoms with Crippen LogP contribution < -0.4 is 26.6 Å². The second-order valence-electron chi connectivity index (χ2n) is 9.18.